The van der Waals surface area contributed by atoms with Crippen molar-refractivity contribution in [2.75, 3.05) is 6.61 Å². The van der Waals surface area contributed by atoms with Gasteiger partial charge in [-0.15, -0.1) is 0 Å². The minimum Gasteiger partial charge on any atom is -0.394 e. The lowest BCUT2D eigenvalue weighted by atomic mass is 9.89. The fraction of sp³-hybridized carbons (Fsp3) is 1.00. The lowest BCUT2D eigenvalue weighted by Gasteiger charge is -2.39. The minimum atomic E-state index is -0.971. The summed E-state index contributed by atoms with van der Waals surface area (Å²) in [6, 6.07) is 0. The molecule has 0 saturated carbocycles. The van der Waals surface area contributed by atoms with E-state index in [4.69, 9.17) is 9.84 Å². The number of ether oxygens (including phenoxy) is 1. The van der Waals surface area contributed by atoms with Gasteiger partial charge in [0.25, 0.3) is 0 Å². The highest BCUT2D eigenvalue weighted by Crippen LogP contribution is 2.25. The van der Waals surface area contributed by atoms with E-state index in [0.29, 0.717) is 0 Å². The van der Waals surface area contributed by atoms with E-state index in [0.717, 1.165) is 0 Å². The molecule has 0 bridgehead atoms. The van der Waals surface area contributed by atoms with Crippen LogP contribution in [-0.4, -0.2) is 46.3 Å². The van der Waals surface area contributed by atoms with E-state index in [1.54, 1.807) is 0 Å². The molecule has 0 aliphatic carbocycles. The summed E-state index contributed by atoms with van der Waals surface area (Å²) in [5.74, 6) is -0.0946. The average molecular weight is 176 g/mol. The van der Waals surface area contributed by atoms with Gasteiger partial charge >= 0.3 is 0 Å². The van der Waals surface area contributed by atoms with E-state index in [9.17, 15) is 10.2 Å². The minimum absolute atomic E-state index is 0.0946. The van der Waals surface area contributed by atoms with Gasteiger partial charge in [0, 0.05) is 5.92 Å². The summed E-state index contributed by atoms with van der Waals surface area (Å²) in [6.07, 6.45) is -2.54. The summed E-state index contributed by atoms with van der Waals surface area (Å²) < 4.78 is 5.27. The Morgan fingerprint density at radius 1 is 1.17 bits per heavy atom. The first-order valence-corrected chi connectivity index (χ1v) is 4.20. The van der Waals surface area contributed by atoms with Crippen LogP contribution in [0.1, 0.15) is 13.8 Å². The lowest BCUT2D eigenvalue weighted by molar-refractivity contribution is -0.200. The van der Waals surface area contributed by atoms with Gasteiger partial charge in [-0.1, -0.05) is 6.92 Å². The first-order chi connectivity index (χ1) is 5.57. The first-order valence-electron chi connectivity index (χ1n) is 4.20. The molecule has 0 aromatic rings. The highest BCUT2D eigenvalue weighted by atomic mass is 16.5. The van der Waals surface area contributed by atoms with Gasteiger partial charge < -0.3 is 20.1 Å². The Hall–Kier alpha value is -0.160. The van der Waals surface area contributed by atoms with Crippen LogP contribution in [0.15, 0.2) is 0 Å². The zero-order chi connectivity index (χ0) is 9.30. The molecule has 0 aromatic carbocycles. The summed E-state index contributed by atoms with van der Waals surface area (Å²) in [5.41, 5.74) is 0. The van der Waals surface area contributed by atoms with Gasteiger partial charge in [0.2, 0.25) is 0 Å². The van der Waals surface area contributed by atoms with E-state index >= 15 is 0 Å². The second-order valence-corrected chi connectivity index (χ2v) is 3.40. The predicted octanol–water partition coefficient (Wildman–Crippen LogP) is -0.876. The number of aliphatic hydroxyl groups is 3. The molecule has 1 unspecified atom stereocenters. The van der Waals surface area contributed by atoms with Gasteiger partial charge in [-0.2, -0.15) is 0 Å². The Balaban J connectivity index is 2.63. The molecule has 12 heavy (non-hydrogen) atoms. The van der Waals surface area contributed by atoms with Crippen LogP contribution in [0.4, 0.5) is 0 Å². The zero-order valence-electron chi connectivity index (χ0n) is 7.34. The molecule has 1 rings (SSSR count). The highest BCUT2D eigenvalue weighted by Gasteiger charge is 2.39. The summed E-state index contributed by atoms with van der Waals surface area (Å²) in [6.45, 7) is 3.38. The fourth-order valence-electron chi connectivity index (χ4n) is 1.44. The third kappa shape index (κ3) is 1.61. The molecular formula is C8H16O4. The maximum atomic E-state index is 9.48. The number of aliphatic hydroxyl groups excluding tert-OH is 3. The van der Waals surface area contributed by atoms with Crippen LogP contribution in [0.25, 0.3) is 0 Å². The summed E-state index contributed by atoms with van der Waals surface area (Å²) in [5, 5.41) is 27.7. The monoisotopic (exact) mass is 176 g/mol. The smallest absolute Gasteiger partial charge is 0.109 e. The molecule has 4 nitrogen and oxygen atoms in total. The molecule has 1 aliphatic rings. The Kier molecular flexibility index (Phi) is 3.06. The average Bonchev–Trinajstić information content (AvgIpc) is 2.08. The molecule has 0 spiro atoms. The van der Waals surface area contributed by atoms with Crippen LogP contribution >= 0.6 is 0 Å². The molecule has 72 valence electrons. The lowest BCUT2D eigenvalue weighted by Crippen LogP contribution is -2.53. The van der Waals surface area contributed by atoms with E-state index in [1.165, 1.54) is 0 Å². The van der Waals surface area contributed by atoms with Crippen molar-refractivity contribution in [2.45, 2.75) is 38.3 Å². The topological polar surface area (TPSA) is 69.9 Å². The molecule has 1 heterocycles. The predicted molar refractivity (Wildman–Crippen MR) is 42.6 cm³/mol. The third-order valence-electron chi connectivity index (χ3n) is 2.58. The number of hydrogen-bond donors (Lipinski definition) is 3. The molecule has 4 heteroatoms. The second kappa shape index (κ2) is 3.70. The van der Waals surface area contributed by atoms with Crippen LogP contribution in [0.3, 0.4) is 0 Å². The fourth-order valence-corrected chi connectivity index (χ4v) is 1.44. The molecule has 1 aliphatic heterocycles. The van der Waals surface area contributed by atoms with E-state index in [1.807, 2.05) is 13.8 Å². The Morgan fingerprint density at radius 2 is 1.75 bits per heavy atom. The standard InChI is InChI=1S/C8H16O4/c1-4-5(2)12-6(3-9)8(11)7(4)10/h4-11H,3H2,1-2H3/t4-,5?,6-,7+,8-/m1/s1. The van der Waals surface area contributed by atoms with Crippen molar-refractivity contribution in [3.63, 3.8) is 0 Å². The van der Waals surface area contributed by atoms with Gasteiger partial charge in [0.15, 0.2) is 0 Å². The number of rotatable bonds is 1. The molecule has 0 amide bonds. The zero-order valence-corrected chi connectivity index (χ0v) is 7.34. The van der Waals surface area contributed by atoms with E-state index in [2.05, 4.69) is 0 Å². The summed E-state index contributed by atoms with van der Waals surface area (Å²) in [7, 11) is 0. The van der Waals surface area contributed by atoms with Crippen molar-refractivity contribution >= 4 is 0 Å². The van der Waals surface area contributed by atoms with E-state index in [-0.39, 0.29) is 18.6 Å². The maximum absolute atomic E-state index is 9.48. The van der Waals surface area contributed by atoms with Gasteiger partial charge in [-0.25, -0.2) is 0 Å². The molecule has 1 saturated heterocycles. The van der Waals surface area contributed by atoms with Crippen molar-refractivity contribution in [1.29, 1.82) is 0 Å². The van der Waals surface area contributed by atoms with Crippen LogP contribution in [0.2, 0.25) is 0 Å². The normalized spacial score (nSPS) is 49.2. The van der Waals surface area contributed by atoms with Gasteiger partial charge in [-0.05, 0) is 6.92 Å². The Morgan fingerprint density at radius 3 is 2.25 bits per heavy atom. The Bertz CT molecular complexity index is 145. The Labute approximate surface area is 71.8 Å². The van der Waals surface area contributed by atoms with Gasteiger partial charge in [-0.3, -0.25) is 0 Å². The first kappa shape index (κ1) is 9.92. The molecule has 1 fully saturated rings. The van der Waals surface area contributed by atoms with E-state index < -0.39 is 18.3 Å². The summed E-state index contributed by atoms with van der Waals surface area (Å²) in [4.78, 5) is 0. The molecular weight excluding hydrogens is 160 g/mol. The van der Waals surface area contributed by atoms with Gasteiger partial charge in [0.1, 0.15) is 12.2 Å². The van der Waals surface area contributed by atoms with Crippen LogP contribution in [0, 0.1) is 5.92 Å². The van der Waals surface area contributed by atoms with Crippen LogP contribution in [-0.2, 0) is 4.74 Å². The SMILES string of the molecule is CC1O[C@H](CO)[C@@H](O)[C@@H](O)[C@@H]1C. The van der Waals surface area contributed by atoms with Crippen molar-refractivity contribution < 1.29 is 20.1 Å². The molecule has 5 atom stereocenters. The second-order valence-electron chi connectivity index (χ2n) is 3.40. The maximum Gasteiger partial charge on any atom is 0.109 e. The van der Waals surface area contributed by atoms with Crippen molar-refractivity contribution in [1.82, 2.24) is 0 Å². The number of hydrogen-bond acceptors (Lipinski definition) is 4. The summed E-state index contributed by atoms with van der Waals surface area (Å²) >= 11 is 0. The van der Waals surface area contributed by atoms with Crippen LogP contribution in [0.5, 0.6) is 0 Å². The molecule has 0 radical (unpaired) electrons. The largest absolute Gasteiger partial charge is 0.394 e. The van der Waals surface area contributed by atoms with Crippen molar-refractivity contribution in [3.8, 4) is 0 Å². The molecule has 0 aromatic heterocycles. The van der Waals surface area contributed by atoms with Crippen LogP contribution < -0.4 is 0 Å². The quantitative estimate of drug-likeness (QED) is 0.485. The van der Waals surface area contributed by atoms with Crippen molar-refractivity contribution in [3.05, 3.63) is 0 Å². The van der Waals surface area contributed by atoms with Crippen molar-refractivity contribution in [2.24, 2.45) is 5.92 Å². The third-order valence-corrected chi connectivity index (χ3v) is 2.58. The highest BCUT2D eigenvalue weighted by molar-refractivity contribution is 4.87. The molecule has 3 N–H and O–H groups in total. The van der Waals surface area contributed by atoms with Gasteiger partial charge in [0.05, 0.1) is 18.8 Å².